The molecule has 8 heteroatoms. The van der Waals surface area contributed by atoms with Crippen LogP contribution in [0.15, 0.2) is 24.3 Å². The van der Waals surface area contributed by atoms with Crippen LogP contribution >= 0.6 is 0 Å². The maximum Gasteiger partial charge on any atom is 1.00 e. The summed E-state index contributed by atoms with van der Waals surface area (Å²) < 4.78 is 47.2. The van der Waals surface area contributed by atoms with Gasteiger partial charge in [0.25, 0.3) is 0 Å². The van der Waals surface area contributed by atoms with Crippen molar-refractivity contribution in [1.29, 1.82) is 0 Å². The van der Waals surface area contributed by atoms with Gasteiger partial charge in [-0.25, -0.2) is 4.79 Å². The summed E-state index contributed by atoms with van der Waals surface area (Å²) in [5.74, 6) is -0.873. The second-order valence-electron chi connectivity index (χ2n) is 3.43. The van der Waals surface area contributed by atoms with E-state index in [4.69, 9.17) is 0 Å². The van der Waals surface area contributed by atoms with E-state index in [2.05, 4.69) is 9.47 Å². The van der Waals surface area contributed by atoms with Gasteiger partial charge in [-0.3, -0.25) is 0 Å². The van der Waals surface area contributed by atoms with Crippen LogP contribution in [0, 0.1) is 0 Å². The Kier molecular flexibility index (Phi) is 7.99. The van der Waals surface area contributed by atoms with Crippen molar-refractivity contribution >= 4 is 24.5 Å². The summed E-state index contributed by atoms with van der Waals surface area (Å²) in [4.78, 5) is 10.8. The number of benzene rings is 1. The van der Waals surface area contributed by atoms with Gasteiger partial charge >= 0.3 is 64.3 Å². The minimum absolute atomic E-state index is 0. The van der Waals surface area contributed by atoms with E-state index >= 15 is 0 Å². The number of rotatable bonds is 4. The summed E-state index contributed by atoms with van der Waals surface area (Å²) in [5.41, 5.74) is -0.583. The molecule has 3 nitrogen and oxygen atoms in total. The van der Waals surface area contributed by atoms with Crippen LogP contribution in [0.3, 0.4) is 0 Å². The molecule has 0 heterocycles. The SMILES string of the molecule is COC(=O)/C=C/c1ccc(OC)c([B-](F)(F)F)c1.[K+]. The summed E-state index contributed by atoms with van der Waals surface area (Å²) in [5, 5.41) is 0. The van der Waals surface area contributed by atoms with E-state index < -0.39 is 18.4 Å². The van der Waals surface area contributed by atoms with Crippen LogP contribution in [0.1, 0.15) is 5.56 Å². The Balaban J connectivity index is 0.00000324. The molecule has 0 N–H and O–H groups in total. The number of hydrogen-bond acceptors (Lipinski definition) is 3. The zero-order valence-electron chi connectivity index (χ0n) is 10.8. The number of carbonyl (C=O) groups excluding carboxylic acids is 1. The zero-order valence-corrected chi connectivity index (χ0v) is 13.9. The Labute approximate surface area is 151 Å². The fourth-order valence-corrected chi connectivity index (χ4v) is 1.34. The van der Waals surface area contributed by atoms with Gasteiger partial charge in [0.05, 0.1) is 20.0 Å². The van der Waals surface area contributed by atoms with Crippen molar-refractivity contribution in [2.45, 2.75) is 0 Å². The Hall–Kier alpha value is -0.279. The Morgan fingerprint density at radius 2 is 1.89 bits per heavy atom. The van der Waals surface area contributed by atoms with Crippen LogP contribution in [0.2, 0.25) is 0 Å². The summed E-state index contributed by atoms with van der Waals surface area (Å²) in [6, 6.07) is 3.56. The molecule has 19 heavy (non-hydrogen) atoms. The number of ether oxygens (including phenoxy) is 2. The third-order valence-electron chi connectivity index (χ3n) is 2.22. The van der Waals surface area contributed by atoms with Gasteiger partial charge in [-0.1, -0.05) is 17.6 Å². The van der Waals surface area contributed by atoms with E-state index in [0.717, 1.165) is 12.1 Å². The third kappa shape index (κ3) is 5.70. The molecule has 0 bridgehead atoms. The van der Waals surface area contributed by atoms with Crippen LogP contribution < -0.4 is 61.6 Å². The van der Waals surface area contributed by atoms with E-state index in [9.17, 15) is 17.7 Å². The van der Waals surface area contributed by atoms with Gasteiger partial charge in [-0.05, 0) is 17.7 Å². The molecule has 0 fully saturated rings. The summed E-state index contributed by atoms with van der Waals surface area (Å²) in [6.45, 7) is -5.17. The smallest absolute Gasteiger partial charge is 0.500 e. The molecule has 0 unspecified atom stereocenters. The Morgan fingerprint density at radius 1 is 1.26 bits per heavy atom. The average Bonchev–Trinajstić information content (AvgIpc) is 2.34. The van der Waals surface area contributed by atoms with Crippen molar-refractivity contribution in [3.63, 3.8) is 0 Å². The van der Waals surface area contributed by atoms with E-state index in [1.165, 1.54) is 32.4 Å². The van der Waals surface area contributed by atoms with E-state index in [-0.39, 0.29) is 62.7 Å². The molecule has 1 rings (SSSR count). The maximum atomic E-state index is 12.7. The summed E-state index contributed by atoms with van der Waals surface area (Å²) in [6.07, 6.45) is 2.30. The molecule has 1 aromatic rings. The number of methoxy groups -OCH3 is 2. The Bertz CT molecular complexity index is 475. The van der Waals surface area contributed by atoms with Crippen LogP contribution in [-0.4, -0.2) is 27.2 Å². The van der Waals surface area contributed by atoms with Gasteiger partial charge in [0.1, 0.15) is 0 Å². The molecule has 1 aromatic carbocycles. The molecule has 0 aromatic heterocycles. The second-order valence-corrected chi connectivity index (χ2v) is 3.43. The molecule has 0 aliphatic carbocycles. The predicted octanol–water partition coefficient (Wildman–Crippen LogP) is -1.06. The van der Waals surface area contributed by atoms with Gasteiger partial charge in [-0.2, -0.15) is 0 Å². The minimum Gasteiger partial charge on any atom is -0.500 e. The van der Waals surface area contributed by atoms with Crippen LogP contribution in [0.25, 0.3) is 6.08 Å². The predicted molar refractivity (Wildman–Crippen MR) is 62.8 cm³/mol. The third-order valence-corrected chi connectivity index (χ3v) is 2.22. The van der Waals surface area contributed by atoms with Gasteiger partial charge in [-0.15, -0.1) is 0 Å². The minimum atomic E-state index is -5.17. The van der Waals surface area contributed by atoms with Crippen molar-refractivity contribution in [1.82, 2.24) is 0 Å². The van der Waals surface area contributed by atoms with Crippen molar-refractivity contribution in [3.8, 4) is 5.75 Å². The quantitative estimate of drug-likeness (QED) is 0.404. The van der Waals surface area contributed by atoms with E-state index in [1.807, 2.05) is 0 Å². The first-order chi connectivity index (χ1) is 8.38. The van der Waals surface area contributed by atoms with Crippen molar-refractivity contribution < 1.29 is 78.6 Å². The molecule has 0 aliphatic heterocycles. The molecular formula is C11H11BF3KO3. The first kappa shape index (κ1) is 18.7. The molecule has 0 atom stereocenters. The fraction of sp³-hybridized carbons (Fsp3) is 0.182. The number of carbonyl (C=O) groups is 1. The second kappa shape index (κ2) is 8.11. The number of esters is 1. The van der Waals surface area contributed by atoms with Gasteiger partial charge in [0, 0.05) is 6.08 Å². The maximum absolute atomic E-state index is 12.7. The van der Waals surface area contributed by atoms with Crippen LogP contribution in [-0.2, 0) is 9.53 Å². The van der Waals surface area contributed by atoms with Crippen LogP contribution in [0.4, 0.5) is 12.9 Å². The summed E-state index contributed by atoms with van der Waals surface area (Å²) >= 11 is 0. The molecule has 0 amide bonds. The normalized spacial score (nSPS) is 11.0. The molecule has 0 saturated heterocycles. The van der Waals surface area contributed by atoms with Crippen molar-refractivity contribution in [2.75, 3.05) is 14.2 Å². The fourth-order valence-electron chi connectivity index (χ4n) is 1.34. The topological polar surface area (TPSA) is 35.5 Å². The zero-order chi connectivity index (χ0) is 13.8. The molecule has 98 valence electrons. The number of hydrogen-bond donors (Lipinski definition) is 0. The summed E-state index contributed by atoms with van der Waals surface area (Å²) in [7, 11) is 2.36. The first-order valence-electron chi connectivity index (χ1n) is 5.02. The van der Waals surface area contributed by atoms with Crippen molar-refractivity contribution in [3.05, 3.63) is 29.8 Å². The average molecular weight is 298 g/mol. The largest absolute Gasteiger partial charge is 1.00 e. The Morgan fingerprint density at radius 3 is 2.37 bits per heavy atom. The first-order valence-corrected chi connectivity index (χ1v) is 5.02. The number of halogens is 3. The van der Waals surface area contributed by atoms with E-state index in [0.29, 0.717) is 0 Å². The van der Waals surface area contributed by atoms with Crippen molar-refractivity contribution in [2.24, 2.45) is 0 Å². The standard InChI is InChI=1S/C11H11BF3O3.K/c1-17-10-5-3-8(4-6-11(16)18-2)7-9(10)12(13,14)15;/h3-7H,1-2H3;/q-1;+1/b6-4+;. The molecular weight excluding hydrogens is 287 g/mol. The van der Waals surface area contributed by atoms with Gasteiger partial charge < -0.3 is 22.4 Å². The molecule has 0 spiro atoms. The van der Waals surface area contributed by atoms with Gasteiger partial charge in [0.15, 0.2) is 0 Å². The van der Waals surface area contributed by atoms with Gasteiger partial charge in [0.2, 0.25) is 0 Å². The molecule has 0 saturated carbocycles. The molecule has 0 aliphatic rings. The van der Waals surface area contributed by atoms with E-state index in [1.54, 1.807) is 0 Å². The monoisotopic (exact) mass is 298 g/mol. The van der Waals surface area contributed by atoms with Crippen LogP contribution in [0.5, 0.6) is 5.75 Å². The molecule has 0 radical (unpaired) electrons.